The quantitative estimate of drug-likeness (QED) is 0.582. The Kier molecular flexibility index (Phi) is 2.46. The molecule has 2 aromatic rings. The third-order valence-corrected chi connectivity index (χ3v) is 2.40. The number of rotatable bonds is 1. The van der Waals surface area contributed by atoms with Crippen LogP contribution >= 0.6 is 23.2 Å². The molecule has 1 aromatic carbocycles. The van der Waals surface area contributed by atoms with Crippen molar-refractivity contribution >= 4 is 39.9 Å². The van der Waals surface area contributed by atoms with Crippen molar-refractivity contribution in [3.63, 3.8) is 0 Å². The highest BCUT2D eigenvalue weighted by molar-refractivity contribution is 6.38. The number of fused-ring (bicyclic) bond motifs is 1. The van der Waals surface area contributed by atoms with Gasteiger partial charge in [-0.3, -0.25) is 0 Å². The van der Waals surface area contributed by atoms with E-state index in [-0.39, 0.29) is 0 Å². The van der Waals surface area contributed by atoms with Crippen LogP contribution < -0.4 is 11.3 Å². The molecule has 0 atom stereocenters. The van der Waals surface area contributed by atoms with Crippen molar-refractivity contribution < 1.29 is 0 Å². The third kappa shape index (κ3) is 1.62. The first-order valence-corrected chi connectivity index (χ1v) is 4.69. The predicted molar refractivity (Wildman–Crippen MR) is 59.6 cm³/mol. The summed E-state index contributed by atoms with van der Waals surface area (Å²) in [5.41, 5.74) is 3.18. The zero-order valence-corrected chi connectivity index (χ0v) is 8.60. The predicted octanol–water partition coefficient (Wildman–Crippen LogP) is 2.83. The van der Waals surface area contributed by atoms with Gasteiger partial charge in [0.15, 0.2) is 0 Å². The maximum Gasteiger partial charge on any atom is 0.140 e. The number of nitrogens with two attached hydrogens (primary N) is 1. The average Bonchev–Trinajstić information content (AvgIpc) is 2.16. The van der Waals surface area contributed by atoms with Crippen LogP contribution in [0.4, 0.5) is 5.82 Å². The van der Waals surface area contributed by atoms with E-state index in [0.717, 1.165) is 10.9 Å². The molecule has 1 aromatic heterocycles. The second-order valence-electron chi connectivity index (χ2n) is 2.80. The SMILES string of the molecule is NNc1ccc2c(Cl)cc(Cl)cc2n1. The molecular formula is C9H7Cl2N3. The third-order valence-electron chi connectivity index (χ3n) is 1.87. The van der Waals surface area contributed by atoms with Crippen LogP contribution in [0.2, 0.25) is 10.0 Å². The molecule has 1 heterocycles. The minimum atomic E-state index is 0.559. The number of benzene rings is 1. The molecule has 72 valence electrons. The molecule has 5 heteroatoms. The van der Waals surface area contributed by atoms with Crippen LogP contribution in [0, 0.1) is 0 Å². The highest BCUT2D eigenvalue weighted by Gasteiger charge is 2.03. The van der Waals surface area contributed by atoms with E-state index in [2.05, 4.69) is 10.4 Å². The molecule has 0 aliphatic rings. The molecule has 14 heavy (non-hydrogen) atoms. The highest BCUT2D eigenvalue weighted by Crippen LogP contribution is 2.27. The summed E-state index contributed by atoms with van der Waals surface area (Å²) in [7, 11) is 0. The fraction of sp³-hybridized carbons (Fsp3) is 0. The van der Waals surface area contributed by atoms with Gasteiger partial charge in [0.05, 0.1) is 10.5 Å². The summed E-state index contributed by atoms with van der Waals surface area (Å²) in [6.45, 7) is 0. The summed E-state index contributed by atoms with van der Waals surface area (Å²) in [5, 5.41) is 2.00. The Morgan fingerprint density at radius 1 is 1.21 bits per heavy atom. The fourth-order valence-electron chi connectivity index (χ4n) is 1.24. The Balaban J connectivity index is 2.75. The van der Waals surface area contributed by atoms with Crippen LogP contribution in [0.15, 0.2) is 24.3 Å². The van der Waals surface area contributed by atoms with Gasteiger partial charge in [0, 0.05) is 10.4 Å². The second-order valence-corrected chi connectivity index (χ2v) is 3.64. The molecule has 3 nitrogen and oxygen atoms in total. The number of nitrogens with one attached hydrogen (secondary N) is 1. The summed E-state index contributed by atoms with van der Waals surface area (Å²) in [4.78, 5) is 4.21. The van der Waals surface area contributed by atoms with E-state index in [4.69, 9.17) is 29.0 Å². The van der Waals surface area contributed by atoms with E-state index in [9.17, 15) is 0 Å². The standard InChI is InChI=1S/C9H7Cl2N3/c10-5-3-7(11)6-1-2-9(14-12)13-8(6)4-5/h1-4H,12H2,(H,13,14). The van der Waals surface area contributed by atoms with Crippen LogP contribution in [-0.2, 0) is 0 Å². The number of hydrazine groups is 1. The smallest absolute Gasteiger partial charge is 0.140 e. The van der Waals surface area contributed by atoms with Gasteiger partial charge in [-0.1, -0.05) is 23.2 Å². The van der Waals surface area contributed by atoms with Gasteiger partial charge >= 0.3 is 0 Å². The van der Waals surface area contributed by atoms with Crippen LogP contribution in [-0.4, -0.2) is 4.98 Å². The average molecular weight is 228 g/mol. The summed E-state index contributed by atoms with van der Waals surface area (Å²) in [6, 6.07) is 7.02. The Hall–Kier alpha value is -1.03. The molecule has 0 bridgehead atoms. The Bertz CT molecular complexity index is 485. The lowest BCUT2D eigenvalue weighted by atomic mass is 10.2. The Morgan fingerprint density at radius 2 is 2.00 bits per heavy atom. The number of anilines is 1. The maximum atomic E-state index is 5.98. The number of pyridine rings is 1. The van der Waals surface area contributed by atoms with Crippen molar-refractivity contribution in [3.8, 4) is 0 Å². The maximum absolute atomic E-state index is 5.98. The van der Waals surface area contributed by atoms with Gasteiger partial charge in [-0.25, -0.2) is 10.8 Å². The molecule has 0 unspecified atom stereocenters. The van der Waals surface area contributed by atoms with E-state index in [1.807, 2.05) is 6.07 Å². The summed E-state index contributed by atoms with van der Waals surface area (Å²) >= 11 is 11.8. The number of nitrogen functional groups attached to an aromatic ring is 1. The first-order valence-electron chi connectivity index (χ1n) is 3.93. The van der Waals surface area contributed by atoms with Crippen LogP contribution in [0.5, 0.6) is 0 Å². The van der Waals surface area contributed by atoms with E-state index < -0.39 is 0 Å². The van der Waals surface area contributed by atoms with Gasteiger partial charge < -0.3 is 5.43 Å². The lowest BCUT2D eigenvalue weighted by Gasteiger charge is -2.03. The lowest BCUT2D eigenvalue weighted by molar-refractivity contribution is 1.26. The minimum absolute atomic E-state index is 0.559. The van der Waals surface area contributed by atoms with Crippen molar-refractivity contribution in [1.82, 2.24) is 4.98 Å². The molecule has 0 aliphatic carbocycles. The normalized spacial score (nSPS) is 10.5. The van der Waals surface area contributed by atoms with Crippen molar-refractivity contribution in [2.75, 3.05) is 5.43 Å². The van der Waals surface area contributed by atoms with Gasteiger partial charge in [-0.15, -0.1) is 0 Å². The van der Waals surface area contributed by atoms with Gasteiger partial charge in [0.1, 0.15) is 5.82 Å². The van der Waals surface area contributed by atoms with Crippen molar-refractivity contribution in [2.24, 2.45) is 5.84 Å². The first kappa shape index (κ1) is 9.52. The molecule has 0 radical (unpaired) electrons. The van der Waals surface area contributed by atoms with Crippen molar-refractivity contribution in [3.05, 3.63) is 34.3 Å². The van der Waals surface area contributed by atoms with E-state index in [0.29, 0.717) is 15.9 Å². The molecule has 0 saturated heterocycles. The van der Waals surface area contributed by atoms with Crippen molar-refractivity contribution in [2.45, 2.75) is 0 Å². The summed E-state index contributed by atoms with van der Waals surface area (Å²) < 4.78 is 0. The minimum Gasteiger partial charge on any atom is -0.308 e. The zero-order valence-electron chi connectivity index (χ0n) is 7.09. The zero-order chi connectivity index (χ0) is 10.1. The molecule has 0 amide bonds. The van der Waals surface area contributed by atoms with Gasteiger partial charge in [0.25, 0.3) is 0 Å². The second kappa shape index (κ2) is 3.61. The molecule has 0 saturated carbocycles. The van der Waals surface area contributed by atoms with E-state index >= 15 is 0 Å². The largest absolute Gasteiger partial charge is 0.308 e. The number of aromatic nitrogens is 1. The lowest BCUT2D eigenvalue weighted by Crippen LogP contribution is -2.08. The topological polar surface area (TPSA) is 50.9 Å². The molecular weight excluding hydrogens is 221 g/mol. The molecule has 2 rings (SSSR count). The van der Waals surface area contributed by atoms with Crippen LogP contribution in [0.1, 0.15) is 0 Å². The number of nitrogens with zero attached hydrogens (tertiary/aromatic N) is 1. The molecule has 0 aliphatic heterocycles. The number of hydrogen-bond donors (Lipinski definition) is 2. The highest BCUT2D eigenvalue weighted by atomic mass is 35.5. The monoisotopic (exact) mass is 227 g/mol. The van der Waals surface area contributed by atoms with E-state index in [1.165, 1.54) is 0 Å². The van der Waals surface area contributed by atoms with Crippen LogP contribution in [0.3, 0.4) is 0 Å². The molecule has 0 spiro atoms. The number of hydrogen-bond acceptors (Lipinski definition) is 3. The Morgan fingerprint density at radius 3 is 2.71 bits per heavy atom. The van der Waals surface area contributed by atoms with Crippen molar-refractivity contribution in [1.29, 1.82) is 0 Å². The number of halogens is 2. The Labute approximate surface area is 90.8 Å². The summed E-state index contributed by atoms with van der Waals surface area (Å²) in [6.07, 6.45) is 0. The van der Waals surface area contributed by atoms with Gasteiger partial charge in [-0.2, -0.15) is 0 Å². The van der Waals surface area contributed by atoms with Gasteiger partial charge in [-0.05, 0) is 24.3 Å². The molecule has 0 fully saturated rings. The first-order chi connectivity index (χ1) is 6.70. The van der Waals surface area contributed by atoms with Crippen LogP contribution in [0.25, 0.3) is 10.9 Å². The fourth-order valence-corrected chi connectivity index (χ4v) is 1.78. The summed E-state index contributed by atoms with van der Waals surface area (Å²) in [5.74, 6) is 5.82. The molecule has 3 N–H and O–H groups in total. The van der Waals surface area contributed by atoms with Gasteiger partial charge in [0.2, 0.25) is 0 Å². The van der Waals surface area contributed by atoms with E-state index in [1.54, 1.807) is 18.2 Å².